The van der Waals surface area contributed by atoms with E-state index in [0.717, 1.165) is 46.9 Å². The first-order valence-corrected chi connectivity index (χ1v) is 12.2. The second-order valence-electron chi connectivity index (χ2n) is 9.21. The molecule has 1 saturated carbocycles. The normalized spacial score (nSPS) is 13.8. The molecule has 1 aliphatic carbocycles. The van der Waals surface area contributed by atoms with Crippen molar-refractivity contribution in [2.75, 3.05) is 13.7 Å². The molecular weight excluding hydrogens is 444 g/mol. The van der Waals surface area contributed by atoms with Crippen molar-refractivity contribution in [2.24, 2.45) is 0 Å². The molecule has 0 radical (unpaired) electrons. The molecule has 0 atom stereocenters. The Bertz CT molecular complexity index is 1150. The van der Waals surface area contributed by atoms with Gasteiger partial charge in [-0.1, -0.05) is 30.3 Å². The van der Waals surface area contributed by atoms with E-state index in [1.54, 1.807) is 13.8 Å². The number of benzene rings is 2. The second-order valence-corrected chi connectivity index (χ2v) is 9.21. The zero-order valence-corrected chi connectivity index (χ0v) is 21.0. The summed E-state index contributed by atoms with van der Waals surface area (Å²) in [4.78, 5) is 12.0. The van der Waals surface area contributed by atoms with Crippen LogP contribution in [-0.2, 0) is 27.4 Å². The first kappa shape index (κ1) is 24.8. The highest BCUT2D eigenvalue weighted by Crippen LogP contribution is 2.30. The molecule has 1 aliphatic rings. The SMILES string of the molecule is CCOc1ccccc1Cn1nc(COC(C)(C)C(=O)OC)cc1-c1cccc(OC2CCC2)c1. The van der Waals surface area contributed by atoms with Gasteiger partial charge >= 0.3 is 5.97 Å². The number of aromatic nitrogens is 2. The molecule has 0 saturated heterocycles. The summed E-state index contributed by atoms with van der Waals surface area (Å²) < 4.78 is 24.7. The standard InChI is InChI=1S/C28H34N2O5/c1-5-33-26-15-7-6-10-21(26)18-30-25(17-22(29-30)19-34-28(2,3)27(31)32-4)20-11-8-14-24(16-20)35-23-12-9-13-23/h6-8,10-11,14-17,23H,5,9,12-13,18-19H2,1-4H3. The Balaban J connectivity index is 1.64. The Hall–Kier alpha value is -3.32. The number of rotatable bonds is 11. The topological polar surface area (TPSA) is 71.8 Å². The Morgan fingerprint density at radius 2 is 1.91 bits per heavy atom. The zero-order chi connectivity index (χ0) is 24.8. The summed E-state index contributed by atoms with van der Waals surface area (Å²) in [6.07, 6.45) is 3.74. The van der Waals surface area contributed by atoms with Crippen molar-refractivity contribution in [3.05, 3.63) is 65.9 Å². The summed E-state index contributed by atoms with van der Waals surface area (Å²) >= 11 is 0. The van der Waals surface area contributed by atoms with Gasteiger partial charge in [0.2, 0.25) is 0 Å². The Morgan fingerprint density at radius 1 is 1.11 bits per heavy atom. The summed E-state index contributed by atoms with van der Waals surface area (Å²) in [5.41, 5.74) is 2.61. The van der Waals surface area contributed by atoms with Gasteiger partial charge in [0.15, 0.2) is 5.60 Å². The van der Waals surface area contributed by atoms with Gasteiger partial charge in [-0.25, -0.2) is 4.79 Å². The molecule has 35 heavy (non-hydrogen) atoms. The number of hydrogen-bond donors (Lipinski definition) is 0. The summed E-state index contributed by atoms with van der Waals surface area (Å²) in [6.45, 7) is 6.65. The van der Waals surface area contributed by atoms with Crippen molar-refractivity contribution in [3.63, 3.8) is 0 Å². The summed E-state index contributed by atoms with van der Waals surface area (Å²) in [6, 6.07) is 18.1. The van der Waals surface area contributed by atoms with E-state index >= 15 is 0 Å². The summed E-state index contributed by atoms with van der Waals surface area (Å²) in [5, 5.41) is 4.83. The first-order chi connectivity index (χ1) is 16.9. The minimum absolute atomic E-state index is 0.174. The van der Waals surface area contributed by atoms with Crippen molar-refractivity contribution in [2.45, 2.75) is 64.9 Å². The number of hydrogen-bond acceptors (Lipinski definition) is 6. The van der Waals surface area contributed by atoms with E-state index in [-0.39, 0.29) is 6.61 Å². The Labute approximate surface area is 207 Å². The predicted octanol–water partition coefficient (Wildman–Crippen LogP) is 5.40. The number of para-hydroxylation sites is 1. The number of ether oxygens (including phenoxy) is 4. The van der Waals surface area contributed by atoms with Crippen LogP contribution in [0, 0.1) is 0 Å². The lowest BCUT2D eigenvalue weighted by Crippen LogP contribution is -2.35. The molecule has 7 nitrogen and oxygen atoms in total. The van der Waals surface area contributed by atoms with Gasteiger partial charge in [0.05, 0.1) is 44.4 Å². The molecule has 0 spiro atoms. The van der Waals surface area contributed by atoms with Gasteiger partial charge in [0.1, 0.15) is 11.5 Å². The Morgan fingerprint density at radius 3 is 2.63 bits per heavy atom. The van der Waals surface area contributed by atoms with Crippen molar-refractivity contribution < 1.29 is 23.7 Å². The van der Waals surface area contributed by atoms with Crippen LogP contribution in [-0.4, -0.2) is 41.2 Å². The molecule has 1 aromatic heterocycles. The third-order valence-electron chi connectivity index (χ3n) is 6.17. The first-order valence-electron chi connectivity index (χ1n) is 12.2. The fraction of sp³-hybridized carbons (Fsp3) is 0.429. The van der Waals surface area contributed by atoms with Crippen LogP contribution in [0.15, 0.2) is 54.6 Å². The van der Waals surface area contributed by atoms with Crippen LogP contribution in [0.2, 0.25) is 0 Å². The van der Waals surface area contributed by atoms with E-state index in [2.05, 4.69) is 12.1 Å². The number of nitrogens with zero attached hydrogens (tertiary/aromatic N) is 2. The lowest BCUT2D eigenvalue weighted by molar-refractivity contribution is -0.166. The number of methoxy groups -OCH3 is 1. The Kier molecular flexibility index (Phi) is 7.76. The van der Waals surface area contributed by atoms with Gasteiger partial charge in [-0.2, -0.15) is 5.10 Å². The quantitative estimate of drug-likeness (QED) is 0.344. The average molecular weight is 479 g/mol. The molecule has 1 fully saturated rings. The maximum atomic E-state index is 12.0. The lowest BCUT2D eigenvalue weighted by atomic mass is 9.96. The van der Waals surface area contributed by atoms with E-state index in [9.17, 15) is 4.79 Å². The van der Waals surface area contributed by atoms with E-state index in [4.69, 9.17) is 24.0 Å². The van der Waals surface area contributed by atoms with Crippen molar-refractivity contribution >= 4 is 5.97 Å². The van der Waals surface area contributed by atoms with E-state index in [0.29, 0.717) is 19.3 Å². The summed E-state index contributed by atoms with van der Waals surface area (Å²) in [5.74, 6) is 1.27. The van der Waals surface area contributed by atoms with Gasteiger partial charge in [-0.3, -0.25) is 4.68 Å². The van der Waals surface area contributed by atoms with Crippen molar-refractivity contribution in [3.8, 4) is 22.8 Å². The van der Waals surface area contributed by atoms with Gasteiger partial charge < -0.3 is 18.9 Å². The van der Waals surface area contributed by atoms with Crippen LogP contribution in [0.3, 0.4) is 0 Å². The highest BCUT2D eigenvalue weighted by atomic mass is 16.6. The smallest absolute Gasteiger partial charge is 0.337 e. The van der Waals surface area contributed by atoms with E-state index in [1.807, 2.05) is 54.1 Å². The van der Waals surface area contributed by atoms with Crippen LogP contribution in [0.1, 0.15) is 51.3 Å². The molecule has 2 aromatic carbocycles. The highest BCUT2D eigenvalue weighted by Gasteiger charge is 2.30. The van der Waals surface area contributed by atoms with Crippen LogP contribution >= 0.6 is 0 Å². The number of carbonyl (C=O) groups excluding carboxylic acids is 1. The van der Waals surface area contributed by atoms with Gasteiger partial charge in [-0.15, -0.1) is 0 Å². The van der Waals surface area contributed by atoms with Gasteiger partial charge in [0.25, 0.3) is 0 Å². The van der Waals surface area contributed by atoms with Gasteiger partial charge in [-0.05, 0) is 64.3 Å². The van der Waals surface area contributed by atoms with Crippen LogP contribution in [0.5, 0.6) is 11.5 Å². The van der Waals surface area contributed by atoms with Crippen molar-refractivity contribution in [1.82, 2.24) is 9.78 Å². The fourth-order valence-corrected chi connectivity index (χ4v) is 3.95. The van der Waals surface area contributed by atoms with Crippen LogP contribution < -0.4 is 9.47 Å². The lowest BCUT2D eigenvalue weighted by Gasteiger charge is -2.26. The van der Waals surface area contributed by atoms with Crippen molar-refractivity contribution in [1.29, 1.82) is 0 Å². The maximum Gasteiger partial charge on any atom is 0.337 e. The molecule has 4 rings (SSSR count). The van der Waals surface area contributed by atoms with Gasteiger partial charge in [0, 0.05) is 11.1 Å². The zero-order valence-electron chi connectivity index (χ0n) is 21.0. The maximum absolute atomic E-state index is 12.0. The highest BCUT2D eigenvalue weighted by molar-refractivity contribution is 5.78. The average Bonchev–Trinajstić information content (AvgIpc) is 3.24. The molecule has 0 unspecified atom stereocenters. The molecule has 0 N–H and O–H groups in total. The van der Waals surface area contributed by atoms with E-state index < -0.39 is 11.6 Å². The molecule has 0 aliphatic heterocycles. The third kappa shape index (κ3) is 6.03. The largest absolute Gasteiger partial charge is 0.494 e. The minimum atomic E-state index is -1.07. The summed E-state index contributed by atoms with van der Waals surface area (Å²) in [7, 11) is 1.36. The second kappa shape index (κ2) is 11.0. The molecule has 0 amide bonds. The molecule has 7 heteroatoms. The third-order valence-corrected chi connectivity index (χ3v) is 6.17. The molecule has 0 bridgehead atoms. The van der Waals surface area contributed by atoms with Crippen LogP contribution in [0.25, 0.3) is 11.3 Å². The molecular formula is C28H34N2O5. The predicted molar refractivity (Wildman–Crippen MR) is 134 cm³/mol. The van der Waals surface area contributed by atoms with E-state index in [1.165, 1.54) is 13.5 Å². The minimum Gasteiger partial charge on any atom is -0.494 e. The molecule has 1 heterocycles. The number of esters is 1. The van der Waals surface area contributed by atoms with Crippen LogP contribution in [0.4, 0.5) is 0 Å². The number of carbonyl (C=O) groups is 1. The molecule has 3 aromatic rings. The fourth-order valence-electron chi connectivity index (χ4n) is 3.95. The monoisotopic (exact) mass is 478 g/mol. The molecule has 186 valence electrons.